The number of aromatic nitrogens is 2. The first-order chi connectivity index (χ1) is 13.6. The second-order valence-corrected chi connectivity index (χ2v) is 7.97. The van der Waals surface area contributed by atoms with Crippen molar-refractivity contribution in [2.24, 2.45) is 18.0 Å². The number of nitrogens with one attached hydrogen (secondary N) is 2. The lowest BCUT2D eigenvalue weighted by atomic mass is 9.85. The summed E-state index contributed by atoms with van der Waals surface area (Å²) in [6.45, 7) is 2.83. The second-order valence-electron chi connectivity index (χ2n) is 7.53. The van der Waals surface area contributed by atoms with E-state index >= 15 is 0 Å². The van der Waals surface area contributed by atoms with Crippen molar-refractivity contribution in [1.29, 1.82) is 0 Å². The number of benzene rings is 1. The number of rotatable bonds is 6. The summed E-state index contributed by atoms with van der Waals surface area (Å²) in [6.07, 6.45) is 7.29. The van der Waals surface area contributed by atoms with Gasteiger partial charge in [0.05, 0.1) is 6.20 Å². The number of likely N-dealkylation sites (tertiary alicyclic amines) is 1. The number of piperidine rings is 1. The molecule has 0 amide bonds. The first-order valence-electron chi connectivity index (χ1n) is 9.94. The van der Waals surface area contributed by atoms with E-state index in [1.54, 1.807) is 0 Å². The van der Waals surface area contributed by atoms with E-state index in [0.717, 1.165) is 37.0 Å². The number of nitrogens with zero attached hydrogens (tertiary/aromatic N) is 4. The zero-order valence-corrected chi connectivity index (χ0v) is 20.5. The van der Waals surface area contributed by atoms with Crippen LogP contribution < -0.4 is 10.6 Å². The minimum atomic E-state index is 0. The summed E-state index contributed by atoms with van der Waals surface area (Å²) in [7, 11) is 5.97. The lowest BCUT2D eigenvalue weighted by Crippen LogP contribution is -2.45. The zero-order valence-electron chi connectivity index (χ0n) is 17.4. The third-order valence-electron chi connectivity index (χ3n) is 5.42. The topological polar surface area (TPSA) is 57.5 Å². The van der Waals surface area contributed by atoms with Gasteiger partial charge in [0.1, 0.15) is 0 Å². The Labute approximate surface area is 196 Å². The van der Waals surface area contributed by atoms with E-state index in [1.165, 1.54) is 24.0 Å². The van der Waals surface area contributed by atoms with Crippen molar-refractivity contribution in [1.82, 2.24) is 25.3 Å². The van der Waals surface area contributed by atoms with E-state index in [2.05, 4.69) is 44.8 Å². The average Bonchev–Trinajstić information content (AvgIpc) is 3.09. The molecule has 1 saturated heterocycles. The van der Waals surface area contributed by atoms with E-state index in [-0.39, 0.29) is 24.0 Å². The van der Waals surface area contributed by atoms with Gasteiger partial charge in [0, 0.05) is 44.4 Å². The monoisotopic (exact) mass is 530 g/mol. The van der Waals surface area contributed by atoms with Crippen molar-refractivity contribution in [3.8, 4) is 0 Å². The van der Waals surface area contributed by atoms with Gasteiger partial charge in [0.25, 0.3) is 0 Å². The van der Waals surface area contributed by atoms with Crippen LogP contribution in [0, 0.1) is 5.92 Å². The zero-order chi connectivity index (χ0) is 19.9. The molecule has 0 bridgehead atoms. The molecular weight excluding hydrogens is 499 g/mol. The molecule has 1 aliphatic rings. The Bertz CT molecular complexity index is 793. The fourth-order valence-electron chi connectivity index (χ4n) is 4.07. The Morgan fingerprint density at radius 3 is 2.83 bits per heavy atom. The number of halogens is 2. The molecule has 2 N–H and O–H groups in total. The van der Waals surface area contributed by atoms with Crippen molar-refractivity contribution in [3.63, 3.8) is 0 Å². The molecule has 8 heteroatoms. The minimum Gasteiger partial charge on any atom is -0.356 e. The van der Waals surface area contributed by atoms with Gasteiger partial charge in [-0.3, -0.25) is 14.6 Å². The second kappa shape index (κ2) is 11.8. The van der Waals surface area contributed by atoms with Gasteiger partial charge in [0.2, 0.25) is 0 Å². The average molecular weight is 531 g/mol. The molecule has 2 unspecified atom stereocenters. The molecule has 2 atom stereocenters. The normalized spacial score (nSPS) is 20.2. The van der Waals surface area contributed by atoms with Gasteiger partial charge >= 0.3 is 0 Å². The highest BCUT2D eigenvalue weighted by Gasteiger charge is 2.30. The van der Waals surface area contributed by atoms with Crippen LogP contribution in [0.15, 0.2) is 41.7 Å². The predicted molar refractivity (Wildman–Crippen MR) is 131 cm³/mol. The van der Waals surface area contributed by atoms with Crippen LogP contribution in [-0.4, -0.2) is 54.4 Å². The largest absolute Gasteiger partial charge is 0.356 e. The third kappa shape index (κ3) is 6.86. The first kappa shape index (κ1) is 24.0. The van der Waals surface area contributed by atoms with E-state index in [1.807, 2.05) is 43.3 Å². The molecule has 2 heterocycles. The molecule has 0 saturated carbocycles. The molecule has 2 aromatic rings. The van der Waals surface area contributed by atoms with E-state index in [0.29, 0.717) is 12.0 Å². The van der Waals surface area contributed by atoms with Gasteiger partial charge in [-0.05, 0) is 62.0 Å². The highest BCUT2D eigenvalue weighted by atomic mass is 127. The molecule has 3 rings (SSSR count). The number of guanidine groups is 1. The number of hydrogen-bond acceptors (Lipinski definition) is 3. The molecular formula is C21H32ClIN6. The molecule has 29 heavy (non-hydrogen) atoms. The van der Waals surface area contributed by atoms with Crippen LogP contribution in [0.2, 0.25) is 5.02 Å². The molecule has 1 aromatic heterocycles. The van der Waals surface area contributed by atoms with Crippen LogP contribution in [0.1, 0.15) is 30.0 Å². The van der Waals surface area contributed by atoms with Crippen LogP contribution in [0.3, 0.4) is 0 Å². The Morgan fingerprint density at radius 2 is 2.14 bits per heavy atom. The molecule has 1 aromatic carbocycles. The summed E-state index contributed by atoms with van der Waals surface area (Å²) in [4.78, 5) is 6.82. The molecule has 0 spiro atoms. The fourth-order valence-corrected chi connectivity index (χ4v) is 4.26. The lowest BCUT2D eigenvalue weighted by molar-refractivity contribution is 0.122. The van der Waals surface area contributed by atoms with E-state index < -0.39 is 0 Å². The Kier molecular flexibility index (Phi) is 9.71. The van der Waals surface area contributed by atoms with Crippen LogP contribution in [0.4, 0.5) is 0 Å². The van der Waals surface area contributed by atoms with Crippen LogP contribution >= 0.6 is 35.6 Å². The molecule has 1 fully saturated rings. The predicted octanol–water partition coefficient (Wildman–Crippen LogP) is 3.48. The van der Waals surface area contributed by atoms with E-state index in [4.69, 9.17) is 11.6 Å². The summed E-state index contributed by atoms with van der Waals surface area (Å²) in [5.41, 5.74) is 2.52. The molecule has 160 valence electrons. The van der Waals surface area contributed by atoms with Crippen LogP contribution in [0.25, 0.3) is 0 Å². The SMILES string of the molecule is CN=C(NCCc1cnn(C)c1)NCC1CCCN(C)C1c1cccc(Cl)c1.I. The van der Waals surface area contributed by atoms with Gasteiger partial charge in [-0.1, -0.05) is 23.7 Å². The van der Waals surface area contributed by atoms with Crippen LogP contribution in [-0.2, 0) is 13.5 Å². The molecule has 1 aliphatic heterocycles. The highest BCUT2D eigenvalue weighted by molar-refractivity contribution is 14.0. The Hall–Kier alpha value is -1.32. The standard InChI is InChI=1S/C21H31ClN6.HI/c1-23-21(24-10-9-16-13-26-28(3)15-16)25-14-18-7-5-11-27(2)20(18)17-6-4-8-19(22)12-17;/h4,6,8,12-13,15,18,20H,5,7,9-11,14H2,1-3H3,(H2,23,24,25);1H. The Morgan fingerprint density at radius 1 is 1.31 bits per heavy atom. The van der Waals surface area contributed by atoms with Crippen molar-refractivity contribution in [2.45, 2.75) is 25.3 Å². The number of aliphatic imine (C=N–C) groups is 1. The Balaban J connectivity index is 0.00000300. The van der Waals surface area contributed by atoms with Gasteiger partial charge in [-0.15, -0.1) is 24.0 Å². The summed E-state index contributed by atoms with van der Waals surface area (Å²) in [6, 6.07) is 8.64. The van der Waals surface area contributed by atoms with Crippen molar-refractivity contribution >= 4 is 41.5 Å². The molecule has 0 aliphatic carbocycles. The van der Waals surface area contributed by atoms with Crippen LogP contribution in [0.5, 0.6) is 0 Å². The number of aryl methyl sites for hydroxylation is 1. The molecule has 0 radical (unpaired) electrons. The maximum Gasteiger partial charge on any atom is 0.190 e. The summed E-state index contributed by atoms with van der Waals surface area (Å²) < 4.78 is 1.83. The summed E-state index contributed by atoms with van der Waals surface area (Å²) in [5, 5.41) is 11.9. The van der Waals surface area contributed by atoms with Gasteiger partial charge in [-0.2, -0.15) is 5.10 Å². The first-order valence-corrected chi connectivity index (χ1v) is 10.3. The highest BCUT2D eigenvalue weighted by Crippen LogP contribution is 2.35. The maximum absolute atomic E-state index is 6.25. The molecule has 6 nitrogen and oxygen atoms in total. The van der Waals surface area contributed by atoms with Gasteiger partial charge in [-0.25, -0.2) is 0 Å². The quantitative estimate of drug-likeness (QED) is 0.341. The summed E-state index contributed by atoms with van der Waals surface area (Å²) in [5.74, 6) is 1.36. The minimum absolute atomic E-state index is 0. The lowest BCUT2D eigenvalue weighted by Gasteiger charge is -2.40. The van der Waals surface area contributed by atoms with E-state index in [9.17, 15) is 0 Å². The smallest absolute Gasteiger partial charge is 0.190 e. The van der Waals surface area contributed by atoms with Gasteiger partial charge in [0.15, 0.2) is 5.96 Å². The van der Waals surface area contributed by atoms with Crippen molar-refractivity contribution < 1.29 is 0 Å². The number of hydrogen-bond donors (Lipinski definition) is 2. The summed E-state index contributed by atoms with van der Waals surface area (Å²) >= 11 is 6.25. The van der Waals surface area contributed by atoms with Crippen molar-refractivity contribution in [2.75, 3.05) is 33.7 Å². The fraction of sp³-hybridized carbons (Fsp3) is 0.524. The maximum atomic E-state index is 6.25. The van der Waals surface area contributed by atoms with Gasteiger partial charge < -0.3 is 10.6 Å². The van der Waals surface area contributed by atoms with Crippen molar-refractivity contribution in [3.05, 3.63) is 52.8 Å². The third-order valence-corrected chi connectivity index (χ3v) is 5.65.